The molecule has 106 valence electrons. The van der Waals surface area contributed by atoms with Gasteiger partial charge in [-0.3, -0.25) is 0 Å². The van der Waals surface area contributed by atoms with Gasteiger partial charge in [0.25, 0.3) is 0 Å². The molecule has 1 aromatic heterocycles. The summed E-state index contributed by atoms with van der Waals surface area (Å²) in [7, 11) is 0. The van der Waals surface area contributed by atoms with Gasteiger partial charge in [-0.15, -0.1) is 10.2 Å². The van der Waals surface area contributed by atoms with E-state index in [-0.39, 0.29) is 0 Å². The Bertz CT molecular complexity index is 546. The zero-order chi connectivity index (χ0) is 14.2. The molecule has 0 radical (unpaired) electrons. The minimum atomic E-state index is 0.618. The largest absolute Gasteiger partial charge is 0.490 e. The van der Waals surface area contributed by atoms with Crippen molar-refractivity contribution in [3.8, 4) is 16.3 Å². The molecule has 20 heavy (non-hydrogen) atoms. The fourth-order valence-electron chi connectivity index (χ4n) is 1.76. The maximum atomic E-state index is 5.62. The Balaban J connectivity index is 1.98. The van der Waals surface area contributed by atoms with Crippen molar-refractivity contribution in [1.29, 1.82) is 0 Å². The molecular formula is C16H20N2OS. The quantitative estimate of drug-likeness (QED) is 0.703. The Kier molecular flexibility index (Phi) is 5.74. The zero-order valence-corrected chi connectivity index (χ0v) is 12.8. The van der Waals surface area contributed by atoms with Crippen molar-refractivity contribution >= 4 is 11.3 Å². The molecule has 4 heteroatoms. The van der Waals surface area contributed by atoms with Crippen LogP contribution in [0.1, 0.15) is 31.7 Å². The average molecular weight is 288 g/mol. The summed E-state index contributed by atoms with van der Waals surface area (Å²) >= 11 is 1.67. The number of aromatic nitrogens is 2. The Labute approximate surface area is 124 Å². The number of hydrogen-bond donors (Lipinski definition) is 0. The minimum Gasteiger partial charge on any atom is -0.490 e. The molecule has 1 heterocycles. The molecule has 0 saturated carbocycles. The van der Waals surface area contributed by atoms with Gasteiger partial charge in [-0.25, -0.2) is 0 Å². The number of nitrogens with zero attached hydrogens (tertiary/aromatic N) is 2. The van der Waals surface area contributed by atoms with Crippen molar-refractivity contribution in [3.05, 3.63) is 41.4 Å². The molecular weight excluding hydrogens is 268 g/mol. The summed E-state index contributed by atoms with van der Waals surface area (Å²) in [4.78, 5) is 0. The van der Waals surface area contributed by atoms with Gasteiger partial charge in [-0.1, -0.05) is 37.3 Å². The molecule has 0 fully saturated rings. The Morgan fingerprint density at radius 2 is 1.90 bits per heavy atom. The average Bonchev–Trinajstić information content (AvgIpc) is 2.93. The third-order valence-electron chi connectivity index (χ3n) is 2.78. The van der Waals surface area contributed by atoms with Gasteiger partial charge in [0.1, 0.15) is 22.4 Å². The first-order chi connectivity index (χ1) is 9.83. The van der Waals surface area contributed by atoms with Crippen molar-refractivity contribution in [2.45, 2.75) is 33.1 Å². The molecule has 0 amide bonds. The van der Waals surface area contributed by atoms with Crippen LogP contribution in [-0.2, 0) is 6.42 Å². The van der Waals surface area contributed by atoms with Gasteiger partial charge in [0, 0.05) is 12.0 Å². The van der Waals surface area contributed by atoms with Crippen molar-refractivity contribution in [1.82, 2.24) is 10.2 Å². The maximum absolute atomic E-state index is 5.62. The lowest BCUT2D eigenvalue weighted by Crippen LogP contribution is -1.92. The van der Waals surface area contributed by atoms with E-state index in [1.807, 2.05) is 30.3 Å². The van der Waals surface area contributed by atoms with Crippen molar-refractivity contribution < 1.29 is 4.74 Å². The summed E-state index contributed by atoms with van der Waals surface area (Å²) in [6.07, 6.45) is 7.29. The lowest BCUT2D eigenvalue weighted by Gasteiger charge is -2.03. The number of benzene rings is 1. The first-order valence-electron chi connectivity index (χ1n) is 7.04. The van der Waals surface area contributed by atoms with E-state index in [1.54, 1.807) is 11.3 Å². The summed E-state index contributed by atoms with van der Waals surface area (Å²) in [5, 5.41) is 10.5. The highest BCUT2D eigenvalue weighted by Gasteiger charge is 2.06. The SMILES string of the molecule is CCC=CCOc1ccc(-c2nnc(CCC)s2)cc1. The molecule has 3 nitrogen and oxygen atoms in total. The number of rotatable bonds is 7. The molecule has 2 aromatic rings. The van der Waals surface area contributed by atoms with Gasteiger partial charge < -0.3 is 4.74 Å². The van der Waals surface area contributed by atoms with Crippen LogP contribution in [0.4, 0.5) is 0 Å². The summed E-state index contributed by atoms with van der Waals surface area (Å²) in [5.74, 6) is 0.882. The highest BCUT2D eigenvalue weighted by Crippen LogP contribution is 2.26. The lowest BCUT2D eigenvalue weighted by atomic mass is 10.2. The minimum absolute atomic E-state index is 0.618. The first kappa shape index (κ1) is 14.7. The highest BCUT2D eigenvalue weighted by atomic mass is 32.1. The van der Waals surface area contributed by atoms with Gasteiger partial charge in [-0.05, 0) is 37.1 Å². The molecule has 0 saturated heterocycles. The number of hydrogen-bond acceptors (Lipinski definition) is 4. The van der Waals surface area contributed by atoms with E-state index in [0.29, 0.717) is 6.61 Å². The topological polar surface area (TPSA) is 35.0 Å². The Hall–Kier alpha value is -1.68. The van der Waals surface area contributed by atoms with Crippen LogP contribution >= 0.6 is 11.3 Å². The van der Waals surface area contributed by atoms with E-state index in [9.17, 15) is 0 Å². The van der Waals surface area contributed by atoms with Crippen LogP contribution in [0.15, 0.2) is 36.4 Å². The standard InChI is InChI=1S/C16H20N2OS/c1-3-5-6-12-19-14-10-8-13(9-11-14)16-18-17-15(20-16)7-4-2/h5-6,8-11H,3-4,7,12H2,1-2H3. The molecule has 0 atom stereocenters. The van der Waals surface area contributed by atoms with Crippen LogP contribution in [0.25, 0.3) is 10.6 Å². The lowest BCUT2D eigenvalue weighted by molar-refractivity contribution is 0.362. The van der Waals surface area contributed by atoms with E-state index in [1.165, 1.54) is 0 Å². The molecule has 0 unspecified atom stereocenters. The van der Waals surface area contributed by atoms with E-state index >= 15 is 0 Å². The highest BCUT2D eigenvalue weighted by molar-refractivity contribution is 7.14. The molecule has 0 aliphatic carbocycles. The van der Waals surface area contributed by atoms with E-state index in [2.05, 4.69) is 30.1 Å². The fourth-order valence-corrected chi connectivity index (χ4v) is 2.70. The smallest absolute Gasteiger partial charge is 0.147 e. The van der Waals surface area contributed by atoms with Crippen LogP contribution in [0.5, 0.6) is 5.75 Å². The summed E-state index contributed by atoms with van der Waals surface area (Å²) in [6.45, 7) is 4.88. The molecule has 2 rings (SSSR count). The van der Waals surface area contributed by atoms with Crippen LogP contribution in [0, 0.1) is 0 Å². The van der Waals surface area contributed by atoms with Crippen LogP contribution < -0.4 is 4.74 Å². The predicted octanol–water partition coefficient (Wildman–Crippen LogP) is 4.50. The van der Waals surface area contributed by atoms with Gasteiger partial charge in [0.2, 0.25) is 0 Å². The third kappa shape index (κ3) is 4.17. The van der Waals surface area contributed by atoms with Gasteiger partial charge in [-0.2, -0.15) is 0 Å². The maximum Gasteiger partial charge on any atom is 0.147 e. The molecule has 1 aromatic carbocycles. The Morgan fingerprint density at radius 3 is 2.60 bits per heavy atom. The van der Waals surface area contributed by atoms with Gasteiger partial charge in [0.05, 0.1) is 0 Å². The second-order valence-corrected chi connectivity index (χ2v) is 5.53. The van der Waals surface area contributed by atoms with E-state index in [0.717, 1.165) is 40.6 Å². The van der Waals surface area contributed by atoms with Crippen molar-refractivity contribution in [2.75, 3.05) is 6.61 Å². The zero-order valence-electron chi connectivity index (χ0n) is 12.0. The second kappa shape index (κ2) is 7.80. The second-order valence-electron chi connectivity index (χ2n) is 4.47. The number of aryl methyl sites for hydroxylation is 1. The normalized spacial score (nSPS) is 11.1. The third-order valence-corrected chi connectivity index (χ3v) is 3.81. The summed E-state index contributed by atoms with van der Waals surface area (Å²) in [5.41, 5.74) is 1.10. The fraction of sp³-hybridized carbons (Fsp3) is 0.375. The van der Waals surface area contributed by atoms with E-state index in [4.69, 9.17) is 4.74 Å². The number of allylic oxidation sites excluding steroid dienone is 1. The van der Waals surface area contributed by atoms with Crippen molar-refractivity contribution in [3.63, 3.8) is 0 Å². The summed E-state index contributed by atoms with van der Waals surface area (Å²) < 4.78 is 5.62. The van der Waals surface area contributed by atoms with Gasteiger partial charge in [0.15, 0.2) is 0 Å². The van der Waals surface area contributed by atoms with Crippen molar-refractivity contribution in [2.24, 2.45) is 0 Å². The molecule has 0 spiro atoms. The number of ether oxygens (including phenoxy) is 1. The van der Waals surface area contributed by atoms with Crippen LogP contribution in [0.2, 0.25) is 0 Å². The first-order valence-corrected chi connectivity index (χ1v) is 7.85. The van der Waals surface area contributed by atoms with Gasteiger partial charge >= 0.3 is 0 Å². The molecule has 0 aliphatic heterocycles. The van der Waals surface area contributed by atoms with Crippen LogP contribution in [-0.4, -0.2) is 16.8 Å². The summed E-state index contributed by atoms with van der Waals surface area (Å²) in [6, 6.07) is 8.04. The van der Waals surface area contributed by atoms with E-state index < -0.39 is 0 Å². The molecule has 0 bridgehead atoms. The predicted molar refractivity (Wildman–Crippen MR) is 84.3 cm³/mol. The molecule has 0 N–H and O–H groups in total. The van der Waals surface area contributed by atoms with Crippen LogP contribution in [0.3, 0.4) is 0 Å². The molecule has 0 aliphatic rings. The monoisotopic (exact) mass is 288 g/mol. The Morgan fingerprint density at radius 1 is 1.10 bits per heavy atom.